The number of pyridine rings is 1. The molecule has 0 fully saturated rings. The molecule has 0 spiro atoms. The summed E-state index contributed by atoms with van der Waals surface area (Å²) in [5.74, 6) is -1.26. The van der Waals surface area contributed by atoms with Gasteiger partial charge in [0, 0.05) is 24.4 Å². The van der Waals surface area contributed by atoms with E-state index in [4.69, 9.17) is 0 Å². The summed E-state index contributed by atoms with van der Waals surface area (Å²) in [6, 6.07) is 6.37. The number of nitrogens with one attached hydrogen (secondary N) is 2. The number of anilines is 2. The lowest BCUT2D eigenvalue weighted by molar-refractivity contribution is 0.0954. The first-order valence-corrected chi connectivity index (χ1v) is 8.76. The van der Waals surface area contributed by atoms with Gasteiger partial charge in [-0.2, -0.15) is 0 Å². The van der Waals surface area contributed by atoms with E-state index in [0.29, 0.717) is 17.9 Å². The predicted molar refractivity (Wildman–Crippen MR) is 97.4 cm³/mol. The number of aromatic nitrogens is 1. The Bertz CT molecular complexity index is 820. The topological polar surface area (TPSA) is 54.0 Å². The van der Waals surface area contributed by atoms with Gasteiger partial charge in [-0.25, -0.2) is 13.8 Å². The molecule has 26 heavy (non-hydrogen) atoms. The zero-order chi connectivity index (χ0) is 18.4. The van der Waals surface area contributed by atoms with Gasteiger partial charge in [0.2, 0.25) is 0 Å². The van der Waals surface area contributed by atoms with Gasteiger partial charge in [0.1, 0.15) is 17.5 Å². The van der Waals surface area contributed by atoms with E-state index in [-0.39, 0.29) is 11.6 Å². The molecule has 1 amide bonds. The van der Waals surface area contributed by atoms with Gasteiger partial charge in [-0.1, -0.05) is 11.6 Å². The van der Waals surface area contributed by atoms with Gasteiger partial charge in [-0.05, 0) is 56.4 Å². The molecule has 6 heteroatoms. The van der Waals surface area contributed by atoms with Crippen LogP contribution in [0.4, 0.5) is 20.3 Å². The first-order valence-electron chi connectivity index (χ1n) is 8.76. The highest BCUT2D eigenvalue weighted by atomic mass is 19.1. The van der Waals surface area contributed by atoms with Gasteiger partial charge in [0.05, 0.1) is 5.69 Å². The average Bonchev–Trinajstić information content (AvgIpc) is 2.65. The van der Waals surface area contributed by atoms with E-state index in [2.05, 4.69) is 21.7 Å². The van der Waals surface area contributed by atoms with Gasteiger partial charge < -0.3 is 10.6 Å². The van der Waals surface area contributed by atoms with Crippen LogP contribution < -0.4 is 10.6 Å². The molecule has 0 saturated heterocycles. The minimum atomic E-state index is -0.720. The van der Waals surface area contributed by atoms with Crippen LogP contribution in [0.2, 0.25) is 0 Å². The van der Waals surface area contributed by atoms with Crippen molar-refractivity contribution in [1.82, 2.24) is 10.3 Å². The lowest BCUT2D eigenvalue weighted by atomic mass is 9.97. The van der Waals surface area contributed by atoms with Gasteiger partial charge in [0.25, 0.3) is 5.91 Å². The molecule has 0 bridgehead atoms. The molecule has 0 saturated carbocycles. The number of halogens is 2. The number of benzene rings is 1. The minimum absolute atomic E-state index is 0.0979. The summed E-state index contributed by atoms with van der Waals surface area (Å²) in [7, 11) is 0. The van der Waals surface area contributed by atoms with Crippen LogP contribution in [0, 0.1) is 11.6 Å². The molecular weight excluding hydrogens is 336 g/mol. The Morgan fingerprint density at radius 2 is 2.04 bits per heavy atom. The monoisotopic (exact) mass is 357 g/mol. The largest absolute Gasteiger partial charge is 0.352 e. The van der Waals surface area contributed by atoms with E-state index in [1.807, 2.05) is 0 Å². The molecular formula is C20H21F2N3O. The fraction of sp³-hybridized carbons (Fsp3) is 0.300. The number of amides is 1. The first kappa shape index (κ1) is 18.0. The SMILES string of the molecule is O=C(NCCC1=CCCCC1)c1ccnc(Nc2ccc(F)cc2F)c1. The zero-order valence-corrected chi connectivity index (χ0v) is 14.4. The van der Waals surface area contributed by atoms with Crippen molar-refractivity contribution in [3.63, 3.8) is 0 Å². The molecule has 0 atom stereocenters. The molecule has 0 radical (unpaired) electrons. The molecule has 1 heterocycles. The van der Waals surface area contributed by atoms with E-state index in [1.54, 1.807) is 6.07 Å². The van der Waals surface area contributed by atoms with Crippen molar-refractivity contribution in [2.45, 2.75) is 32.1 Å². The fourth-order valence-corrected chi connectivity index (χ4v) is 2.94. The number of rotatable bonds is 6. The van der Waals surface area contributed by atoms with Gasteiger partial charge in [0.15, 0.2) is 0 Å². The molecule has 3 rings (SSSR count). The lowest BCUT2D eigenvalue weighted by Gasteiger charge is -2.13. The Hall–Kier alpha value is -2.76. The number of carbonyl (C=O) groups excluding carboxylic acids is 1. The van der Waals surface area contributed by atoms with E-state index in [9.17, 15) is 13.6 Å². The molecule has 136 valence electrons. The number of hydrogen-bond acceptors (Lipinski definition) is 3. The van der Waals surface area contributed by atoms with Crippen LogP contribution >= 0.6 is 0 Å². The summed E-state index contributed by atoms with van der Waals surface area (Å²) in [4.78, 5) is 16.4. The standard InChI is InChI=1S/C20H21F2N3O/c21-16-6-7-18(17(22)13-16)25-19-12-15(9-11-23-19)20(26)24-10-8-14-4-2-1-3-5-14/h4,6-7,9,11-13H,1-3,5,8,10H2,(H,23,25)(H,24,26). The average molecular weight is 357 g/mol. The molecule has 1 aromatic heterocycles. The van der Waals surface area contributed by atoms with Crippen LogP contribution in [-0.2, 0) is 0 Å². The van der Waals surface area contributed by atoms with Crippen LogP contribution in [0.1, 0.15) is 42.5 Å². The smallest absolute Gasteiger partial charge is 0.251 e. The van der Waals surface area contributed by atoms with E-state index in [1.165, 1.54) is 36.7 Å². The van der Waals surface area contributed by atoms with Crippen molar-refractivity contribution in [2.75, 3.05) is 11.9 Å². The summed E-state index contributed by atoms with van der Waals surface area (Å²) < 4.78 is 26.7. The van der Waals surface area contributed by atoms with Crippen LogP contribution in [0.15, 0.2) is 48.2 Å². The normalized spacial score (nSPS) is 13.8. The Kier molecular flexibility index (Phi) is 5.94. The van der Waals surface area contributed by atoms with Crippen molar-refractivity contribution < 1.29 is 13.6 Å². The molecule has 1 aliphatic rings. The minimum Gasteiger partial charge on any atom is -0.352 e. The number of hydrogen-bond donors (Lipinski definition) is 2. The second kappa shape index (κ2) is 8.56. The summed E-state index contributed by atoms with van der Waals surface area (Å²) in [6.07, 6.45) is 9.31. The Morgan fingerprint density at radius 3 is 2.81 bits per heavy atom. The van der Waals surface area contributed by atoms with Gasteiger partial charge in [-0.15, -0.1) is 0 Å². The number of nitrogens with zero attached hydrogens (tertiary/aromatic N) is 1. The third kappa shape index (κ3) is 4.88. The summed E-state index contributed by atoms with van der Waals surface area (Å²) in [5.41, 5.74) is 1.93. The maximum absolute atomic E-state index is 13.7. The summed E-state index contributed by atoms with van der Waals surface area (Å²) >= 11 is 0. The molecule has 4 nitrogen and oxygen atoms in total. The number of allylic oxidation sites excluding steroid dienone is 1. The zero-order valence-electron chi connectivity index (χ0n) is 14.4. The lowest BCUT2D eigenvalue weighted by Crippen LogP contribution is -2.25. The molecule has 2 N–H and O–H groups in total. The first-order chi connectivity index (χ1) is 12.6. The molecule has 0 aliphatic heterocycles. The van der Waals surface area contributed by atoms with Crippen molar-refractivity contribution >= 4 is 17.4 Å². The highest BCUT2D eigenvalue weighted by Crippen LogP contribution is 2.21. The maximum atomic E-state index is 13.7. The summed E-state index contributed by atoms with van der Waals surface area (Å²) in [6.45, 7) is 0.586. The summed E-state index contributed by atoms with van der Waals surface area (Å²) in [5, 5.41) is 5.66. The number of carbonyl (C=O) groups is 1. The third-order valence-corrected chi connectivity index (χ3v) is 4.33. The Balaban J connectivity index is 1.59. The highest BCUT2D eigenvalue weighted by molar-refractivity contribution is 5.94. The van der Waals surface area contributed by atoms with Gasteiger partial charge in [-0.3, -0.25) is 4.79 Å². The van der Waals surface area contributed by atoms with Crippen molar-refractivity contribution in [2.24, 2.45) is 0 Å². The second-order valence-corrected chi connectivity index (χ2v) is 6.29. The molecule has 0 unspecified atom stereocenters. The molecule has 1 aliphatic carbocycles. The Morgan fingerprint density at radius 1 is 1.15 bits per heavy atom. The molecule has 2 aromatic rings. The van der Waals surface area contributed by atoms with Crippen LogP contribution in [0.5, 0.6) is 0 Å². The van der Waals surface area contributed by atoms with Crippen LogP contribution in [-0.4, -0.2) is 17.4 Å². The molecule has 1 aromatic carbocycles. The quantitative estimate of drug-likeness (QED) is 0.735. The third-order valence-electron chi connectivity index (χ3n) is 4.33. The Labute approximate surface area is 151 Å². The van der Waals surface area contributed by atoms with E-state index < -0.39 is 11.6 Å². The van der Waals surface area contributed by atoms with Crippen LogP contribution in [0.25, 0.3) is 0 Å². The fourth-order valence-electron chi connectivity index (χ4n) is 2.94. The maximum Gasteiger partial charge on any atom is 0.251 e. The van der Waals surface area contributed by atoms with Crippen molar-refractivity contribution in [1.29, 1.82) is 0 Å². The van der Waals surface area contributed by atoms with Gasteiger partial charge >= 0.3 is 0 Å². The predicted octanol–water partition coefficient (Wildman–Crippen LogP) is 4.72. The van der Waals surface area contributed by atoms with Crippen molar-refractivity contribution in [3.8, 4) is 0 Å². The van der Waals surface area contributed by atoms with Crippen LogP contribution in [0.3, 0.4) is 0 Å². The van der Waals surface area contributed by atoms with E-state index in [0.717, 1.165) is 31.4 Å². The van der Waals surface area contributed by atoms with E-state index >= 15 is 0 Å². The second-order valence-electron chi connectivity index (χ2n) is 6.29. The highest BCUT2D eigenvalue weighted by Gasteiger charge is 2.10. The van der Waals surface area contributed by atoms with Crippen molar-refractivity contribution in [3.05, 3.63) is 65.4 Å².